The van der Waals surface area contributed by atoms with Crippen LogP contribution in [0.2, 0.25) is 0 Å². The molecule has 1 aromatic carbocycles. The van der Waals surface area contributed by atoms with E-state index in [1.54, 1.807) is 12.1 Å². The van der Waals surface area contributed by atoms with E-state index in [2.05, 4.69) is 5.28 Å². The van der Waals surface area contributed by atoms with E-state index in [9.17, 15) is 10.4 Å². The van der Waals surface area contributed by atoms with E-state index in [1.807, 2.05) is 0 Å². The summed E-state index contributed by atoms with van der Waals surface area (Å²) < 4.78 is 4.85. The third-order valence-corrected chi connectivity index (χ3v) is 1.37. The third kappa shape index (κ3) is 3.22. The fraction of sp³-hybridized carbons (Fsp3) is 0.143. The Labute approximate surface area is 97.5 Å². The van der Waals surface area contributed by atoms with Crippen molar-refractivity contribution in [1.29, 1.82) is 0 Å². The van der Waals surface area contributed by atoms with E-state index in [4.69, 9.17) is 4.74 Å². The molecule has 0 amide bonds. The minimum Gasteiger partial charge on any atom is -0.739 e. The van der Waals surface area contributed by atoms with Crippen molar-refractivity contribution < 1.29 is 39.2 Å². The Morgan fingerprint density at radius 1 is 1.31 bits per heavy atom. The van der Waals surface area contributed by atoms with Crippen LogP contribution in [0.15, 0.2) is 29.5 Å². The van der Waals surface area contributed by atoms with Crippen molar-refractivity contribution in [3.8, 4) is 5.75 Å². The number of rotatable bonds is 2. The topological polar surface area (TPSA) is 70.7 Å². The number of ether oxygens (including phenoxy) is 1. The maximum atomic E-state index is 10.6. The zero-order valence-corrected chi connectivity index (χ0v) is 9.43. The maximum absolute atomic E-state index is 10.6. The molecule has 0 aliphatic rings. The average Bonchev–Trinajstić information content (AvgIpc) is 2.17. The standard InChI is InChI=1S/C7H8N2O3.Na/c1-12-7-4-2-6(3-5-7)9(11)8-10;/h2-5,10H,1H3;/q;+1/p-1/b9-8-;. The first-order chi connectivity index (χ1) is 5.77. The van der Waals surface area contributed by atoms with Gasteiger partial charge in [0.15, 0.2) is 0 Å². The fourth-order valence-electron chi connectivity index (χ4n) is 0.757. The predicted molar refractivity (Wildman–Crippen MR) is 42.1 cm³/mol. The van der Waals surface area contributed by atoms with Gasteiger partial charge in [0.25, 0.3) is 0 Å². The normalized spacial score (nSPS) is 10.4. The molecule has 0 saturated heterocycles. The molecule has 13 heavy (non-hydrogen) atoms. The zero-order chi connectivity index (χ0) is 8.97. The molecule has 0 aliphatic carbocycles. The number of methoxy groups -OCH3 is 1. The van der Waals surface area contributed by atoms with Crippen LogP contribution in [-0.4, -0.2) is 12.0 Å². The van der Waals surface area contributed by atoms with E-state index in [0.29, 0.717) is 5.75 Å². The van der Waals surface area contributed by atoms with Gasteiger partial charge in [-0.1, -0.05) is 4.86 Å². The van der Waals surface area contributed by atoms with E-state index >= 15 is 0 Å². The SMILES string of the molecule is COc1ccc(/[N+]([O-])=N/[O-])cc1.[Na+]. The van der Waals surface area contributed by atoms with Crippen LogP contribution in [0.3, 0.4) is 0 Å². The molecule has 0 bridgehead atoms. The van der Waals surface area contributed by atoms with Gasteiger partial charge >= 0.3 is 29.6 Å². The number of hydrogen-bond acceptors (Lipinski definition) is 4. The molecule has 5 nitrogen and oxygen atoms in total. The summed E-state index contributed by atoms with van der Waals surface area (Å²) in [6, 6.07) is 6.05. The van der Waals surface area contributed by atoms with Gasteiger partial charge in [0.1, 0.15) is 5.75 Å². The Balaban J connectivity index is 0.00000144. The number of hydrogen-bond donors (Lipinski definition) is 0. The average molecular weight is 190 g/mol. The number of benzene rings is 1. The van der Waals surface area contributed by atoms with Crippen molar-refractivity contribution >= 4 is 5.69 Å². The second-order valence-corrected chi connectivity index (χ2v) is 2.05. The molecule has 1 aromatic rings. The van der Waals surface area contributed by atoms with Gasteiger partial charge in [-0.15, -0.1) is 0 Å². The van der Waals surface area contributed by atoms with Crippen LogP contribution >= 0.6 is 0 Å². The van der Waals surface area contributed by atoms with Gasteiger partial charge in [-0.3, -0.25) is 0 Å². The molecule has 0 atom stereocenters. The molecule has 0 heterocycles. The molecule has 0 spiro atoms. The monoisotopic (exact) mass is 190 g/mol. The van der Waals surface area contributed by atoms with Crippen LogP contribution in [0, 0.1) is 10.4 Å². The van der Waals surface area contributed by atoms with Gasteiger partial charge in [0.05, 0.1) is 7.11 Å². The predicted octanol–water partition coefficient (Wildman–Crippen LogP) is -1.21. The summed E-state index contributed by atoms with van der Waals surface area (Å²) in [5.41, 5.74) is 0.186. The van der Waals surface area contributed by atoms with Gasteiger partial charge < -0.3 is 15.2 Å². The fourth-order valence-corrected chi connectivity index (χ4v) is 0.757. The Bertz CT molecular complexity index is 286. The smallest absolute Gasteiger partial charge is 0.739 e. The van der Waals surface area contributed by atoms with Crippen molar-refractivity contribution in [3.63, 3.8) is 0 Å². The minimum atomic E-state index is -0.000556. The van der Waals surface area contributed by atoms with Crippen molar-refractivity contribution in [2.24, 2.45) is 5.28 Å². The van der Waals surface area contributed by atoms with Crippen molar-refractivity contribution in [3.05, 3.63) is 34.7 Å². The first-order valence-electron chi connectivity index (χ1n) is 3.22. The van der Waals surface area contributed by atoms with Crippen LogP contribution in [0.4, 0.5) is 5.69 Å². The van der Waals surface area contributed by atoms with Crippen LogP contribution < -0.4 is 34.3 Å². The molecule has 0 saturated carbocycles. The van der Waals surface area contributed by atoms with Crippen LogP contribution in [0.25, 0.3) is 0 Å². The number of nitrogens with zero attached hydrogens (tertiary/aromatic N) is 2. The third-order valence-electron chi connectivity index (χ3n) is 1.37. The van der Waals surface area contributed by atoms with Gasteiger partial charge in [0.2, 0.25) is 5.69 Å². The van der Waals surface area contributed by atoms with Crippen LogP contribution in [0.5, 0.6) is 5.75 Å². The van der Waals surface area contributed by atoms with Gasteiger partial charge in [0, 0.05) is 12.1 Å². The summed E-state index contributed by atoms with van der Waals surface area (Å²) >= 11 is 0. The van der Waals surface area contributed by atoms with Crippen LogP contribution in [0.1, 0.15) is 0 Å². The maximum Gasteiger partial charge on any atom is 1.00 e. The molecule has 0 N–H and O–H groups in total. The van der Waals surface area contributed by atoms with Crippen molar-refractivity contribution in [2.45, 2.75) is 0 Å². The first kappa shape index (κ1) is 12.2. The van der Waals surface area contributed by atoms with E-state index in [0.717, 1.165) is 0 Å². The Morgan fingerprint density at radius 2 is 1.85 bits per heavy atom. The van der Waals surface area contributed by atoms with E-state index < -0.39 is 0 Å². The largest absolute Gasteiger partial charge is 1.00 e. The molecule has 0 unspecified atom stereocenters. The molecule has 0 fully saturated rings. The molecule has 64 valence electrons. The quantitative estimate of drug-likeness (QED) is 0.254. The van der Waals surface area contributed by atoms with E-state index in [1.165, 1.54) is 19.2 Å². The molecule has 0 aliphatic heterocycles. The summed E-state index contributed by atoms with van der Waals surface area (Å²) in [6.07, 6.45) is 0. The van der Waals surface area contributed by atoms with Gasteiger partial charge in [-0.05, 0) is 17.4 Å². The first-order valence-corrected chi connectivity index (χ1v) is 3.22. The molecular formula is C7H7N2NaO3. The zero-order valence-electron chi connectivity index (χ0n) is 7.43. The molecular weight excluding hydrogens is 183 g/mol. The second-order valence-electron chi connectivity index (χ2n) is 2.05. The minimum absolute atomic E-state index is 0. The second kappa shape index (κ2) is 5.80. The Morgan fingerprint density at radius 3 is 2.23 bits per heavy atom. The molecule has 0 radical (unpaired) electrons. The van der Waals surface area contributed by atoms with Gasteiger partial charge in [-0.2, -0.15) is 0 Å². The summed E-state index contributed by atoms with van der Waals surface area (Å²) in [5.74, 6) is 0.623. The van der Waals surface area contributed by atoms with Crippen molar-refractivity contribution in [1.82, 2.24) is 0 Å². The summed E-state index contributed by atoms with van der Waals surface area (Å²) in [5, 5.41) is 22.6. The molecule has 6 heteroatoms. The summed E-state index contributed by atoms with van der Waals surface area (Å²) in [4.78, 5) is -0.000556. The summed E-state index contributed by atoms with van der Waals surface area (Å²) in [6.45, 7) is 0. The Kier molecular flexibility index (Phi) is 5.45. The van der Waals surface area contributed by atoms with Crippen molar-refractivity contribution in [2.75, 3.05) is 7.11 Å². The molecule has 1 rings (SSSR count). The van der Waals surface area contributed by atoms with E-state index in [-0.39, 0.29) is 40.1 Å². The summed E-state index contributed by atoms with van der Waals surface area (Å²) in [7, 11) is 1.52. The Hall–Kier alpha value is -0.780. The molecule has 0 aromatic heterocycles. The van der Waals surface area contributed by atoms with Crippen LogP contribution in [-0.2, 0) is 0 Å². The van der Waals surface area contributed by atoms with Gasteiger partial charge in [-0.25, -0.2) is 0 Å².